The van der Waals surface area contributed by atoms with Crippen LogP contribution in [0.1, 0.15) is 0 Å². The number of methoxy groups -OCH3 is 4. The summed E-state index contributed by atoms with van der Waals surface area (Å²) in [5.74, 6) is 0. The number of carbonyl (C=O) groups excluding carboxylic acids is 4. The number of hydrogen-bond donors (Lipinski definition) is 0. The van der Waals surface area contributed by atoms with Crippen LogP contribution in [0.5, 0.6) is 0 Å². The summed E-state index contributed by atoms with van der Waals surface area (Å²) >= 11 is 0. The van der Waals surface area contributed by atoms with Gasteiger partial charge >= 0.3 is 25.1 Å². The van der Waals surface area contributed by atoms with Crippen molar-refractivity contribution in [3.05, 3.63) is 0 Å². The van der Waals surface area contributed by atoms with Gasteiger partial charge in [-0.1, -0.05) is 0 Å². The molecule has 0 aromatic rings. The van der Waals surface area contributed by atoms with Crippen LogP contribution in [0, 0.1) is 0 Å². The highest BCUT2D eigenvalue weighted by Gasteiger charge is 2.65. The minimum Gasteiger partial charge on any atom is -0.472 e. The first-order valence-electron chi connectivity index (χ1n) is 4.86. The van der Waals surface area contributed by atoms with Crippen LogP contribution in [0.4, 0.5) is 19.2 Å². The van der Waals surface area contributed by atoms with Gasteiger partial charge in [-0.15, -0.1) is 0 Å². The van der Waals surface area contributed by atoms with Crippen LogP contribution in [0.25, 0.3) is 0 Å². The van der Waals surface area contributed by atoms with Crippen molar-refractivity contribution in [1.82, 2.24) is 0 Å². The maximum atomic E-state index is 11.7. The van der Waals surface area contributed by atoms with Gasteiger partial charge in [0.25, 0.3) is 15.4 Å². The predicted molar refractivity (Wildman–Crippen MR) is 65.0 cm³/mol. The Hall–Kier alpha value is -1.73. The van der Waals surface area contributed by atoms with Gasteiger partial charge in [0.15, 0.2) is 0 Å². The van der Waals surface area contributed by atoms with Gasteiger partial charge in [0, 0.05) is 0 Å². The van der Waals surface area contributed by atoms with Gasteiger partial charge in [0.05, 0.1) is 28.4 Å². The molecule has 108 valence electrons. The zero-order valence-electron chi connectivity index (χ0n) is 10.9. The fourth-order valence-electron chi connectivity index (χ4n) is 1.08. The third kappa shape index (κ3) is 3.62. The van der Waals surface area contributed by atoms with Crippen molar-refractivity contribution < 1.29 is 42.2 Å². The van der Waals surface area contributed by atoms with Crippen molar-refractivity contribution in [3.63, 3.8) is 0 Å². The van der Waals surface area contributed by atoms with Crippen LogP contribution < -0.4 is 0 Å². The fourth-order valence-corrected chi connectivity index (χ4v) is 5.32. The normalized spacial score (nSPS) is 10.9. The molecule has 0 aliphatic carbocycles. The third-order valence-corrected chi connectivity index (χ3v) is 7.22. The maximum Gasteiger partial charge on any atom is 0.547 e. The Bertz CT molecular complexity index is 340. The van der Waals surface area contributed by atoms with E-state index >= 15 is 0 Å². The lowest BCUT2D eigenvalue weighted by Crippen LogP contribution is -2.63. The molecule has 0 heterocycles. The lowest BCUT2D eigenvalue weighted by atomic mass is 11.4. The van der Waals surface area contributed by atoms with Crippen molar-refractivity contribution >= 4 is 40.5 Å². The second-order valence-electron chi connectivity index (χ2n) is 3.02. The van der Waals surface area contributed by atoms with Crippen LogP contribution in [0.3, 0.4) is 0 Å². The molecule has 0 fully saturated rings. The molecular formula is C8H14O9Si2. The van der Waals surface area contributed by atoms with Gasteiger partial charge in [-0.25, -0.2) is 0 Å². The minimum atomic E-state index is -4.51. The first kappa shape index (κ1) is 17.3. The van der Waals surface area contributed by atoms with Gasteiger partial charge in [-0.2, -0.15) is 0 Å². The van der Waals surface area contributed by atoms with Crippen molar-refractivity contribution in [2.75, 3.05) is 28.4 Å². The van der Waals surface area contributed by atoms with E-state index in [-0.39, 0.29) is 0 Å². The summed E-state index contributed by atoms with van der Waals surface area (Å²) in [4.78, 5) is 46.2. The Morgan fingerprint density at radius 3 is 1.37 bits per heavy atom. The van der Waals surface area contributed by atoms with E-state index in [1.807, 2.05) is 0 Å². The molecular weight excluding hydrogens is 296 g/mol. The van der Waals surface area contributed by atoms with Gasteiger partial charge in [0.1, 0.15) is 0 Å². The fraction of sp³-hybridized carbons (Fsp3) is 0.500. The molecule has 11 heteroatoms. The van der Waals surface area contributed by atoms with Crippen LogP contribution >= 0.6 is 0 Å². The predicted octanol–water partition coefficient (Wildman–Crippen LogP) is -0.157. The van der Waals surface area contributed by atoms with Crippen LogP contribution in [-0.2, 0) is 23.1 Å². The van der Waals surface area contributed by atoms with Crippen LogP contribution in [0.15, 0.2) is 0 Å². The average molecular weight is 310 g/mol. The van der Waals surface area contributed by atoms with Crippen LogP contribution in [0.2, 0.25) is 0 Å². The molecule has 0 atom stereocenters. The average Bonchev–Trinajstić information content (AvgIpc) is 2.45. The molecule has 0 aliphatic heterocycles. The topological polar surface area (TPSA) is 114 Å². The molecule has 19 heavy (non-hydrogen) atoms. The summed E-state index contributed by atoms with van der Waals surface area (Å²) in [7, 11) is -2.61. The van der Waals surface area contributed by atoms with E-state index in [2.05, 4.69) is 18.9 Å². The van der Waals surface area contributed by atoms with Gasteiger partial charge < -0.3 is 23.1 Å². The van der Waals surface area contributed by atoms with E-state index in [4.69, 9.17) is 4.12 Å². The molecule has 0 aliphatic rings. The highest BCUT2D eigenvalue weighted by atomic mass is 28.4. The molecule has 0 saturated carbocycles. The molecule has 0 amide bonds. The highest BCUT2D eigenvalue weighted by molar-refractivity contribution is 7.36. The van der Waals surface area contributed by atoms with Gasteiger partial charge in [-0.3, -0.25) is 19.2 Å². The van der Waals surface area contributed by atoms with E-state index in [0.29, 0.717) is 0 Å². The molecule has 0 radical (unpaired) electrons. The quantitative estimate of drug-likeness (QED) is 0.487. The second kappa shape index (κ2) is 7.65. The van der Waals surface area contributed by atoms with Gasteiger partial charge in [-0.05, 0) is 0 Å². The monoisotopic (exact) mass is 310 g/mol. The molecule has 0 aromatic carbocycles. The summed E-state index contributed by atoms with van der Waals surface area (Å²) in [6.07, 6.45) is 0. The molecule has 9 nitrogen and oxygen atoms in total. The maximum absolute atomic E-state index is 11.7. The molecule has 0 bridgehead atoms. The summed E-state index contributed by atoms with van der Waals surface area (Å²) in [5, 5.41) is 0. The number of hydrogen-bond acceptors (Lipinski definition) is 9. The standard InChI is InChI=1S/C8H14O9Si2/c1-13-5(9)18-17-19(6(10)14-2,7(11)15-3)8(12)16-4/h18H2,1-4H3. The smallest absolute Gasteiger partial charge is 0.472 e. The molecule has 0 unspecified atom stereocenters. The molecule has 0 saturated heterocycles. The summed E-state index contributed by atoms with van der Waals surface area (Å²) in [6, 6.07) is 0. The lowest BCUT2D eigenvalue weighted by molar-refractivity contribution is 0.168. The molecule has 0 rings (SSSR count). The van der Waals surface area contributed by atoms with E-state index in [1.165, 1.54) is 0 Å². The van der Waals surface area contributed by atoms with E-state index in [9.17, 15) is 19.2 Å². The van der Waals surface area contributed by atoms with E-state index in [1.54, 1.807) is 0 Å². The zero-order valence-corrected chi connectivity index (χ0v) is 13.3. The SMILES string of the molecule is COC(=O)[SiH2]O[Si](C(=O)OC)(C(=O)OC)C(=O)OC. The largest absolute Gasteiger partial charge is 0.547 e. The molecule has 0 aromatic heterocycles. The van der Waals surface area contributed by atoms with Crippen molar-refractivity contribution in [1.29, 1.82) is 0 Å². The Labute approximate surface area is 112 Å². The number of ether oxygens (including phenoxy) is 4. The Kier molecular flexibility index (Phi) is 6.96. The summed E-state index contributed by atoms with van der Waals surface area (Å²) in [5.41, 5.74) is -4.36. The summed E-state index contributed by atoms with van der Waals surface area (Å²) < 4.78 is 22.6. The third-order valence-electron chi connectivity index (χ3n) is 2.05. The van der Waals surface area contributed by atoms with E-state index < -0.39 is 40.5 Å². The Balaban J connectivity index is 5.49. The highest BCUT2D eigenvalue weighted by Crippen LogP contribution is 2.15. The number of rotatable bonds is 6. The van der Waals surface area contributed by atoms with Gasteiger partial charge in [0.2, 0.25) is 0 Å². The van der Waals surface area contributed by atoms with Crippen molar-refractivity contribution in [2.45, 2.75) is 0 Å². The molecule has 0 N–H and O–H groups in total. The number of carbonyl (C=O) groups is 4. The van der Waals surface area contributed by atoms with Crippen molar-refractivity contribution in [2.24, 2.45) is 0 Å². The first-order chi connectivity index (χ1) is 8.90. The summed E-state index contributed by atoms with van der Waals surface area (Å²) in [6.45, 7) is 0. The van der Waals surface area contributed by atoms with E-state index in [0.717, 1.165) is 28.4 Å². The Morgan fingerprint density at radius 1 is 0.737 bits per heavy atom. The molecule has 0 spiro atoms. The minimum absolute atomic E-state index is 0.742. The first-order valence-corrected chi connectivity index (χ1v) is 8.06. The van der Waals surface area contributed by atoms with Crippen molar-refractivity contribution in [3.8, 4) is 0 Å². The Morgan fingerprint density at radius 2 is 1.11 bits per heavy atom. The second-order valence-corrected chi connectivity index (χ2v) is 7.63. The van der Waals surface area contributed by atoms with Crippen LogP contribution in [-0.4, -0.2) is 68.9 Å². The zero-order chi connectivity index (χ0) is 15.1. The lowest BCUT2D eigenvalue weighted by Gasteiger charge is -2.22.